The SMILES string of the molecule is C#Cc1cc(Oc2ccc(N)c(O)c2)c(C#C)c(Oc2ccc(N)c(O)c2)c1. The van der Waals surface area contributed by atoms with E-state index in [-0.39, 0.29) is 34.4 Å². The van der Waals surface area contributed by atoms with Crippen molar-refractivity contribution in [1.29, 1.82) is 0 Å². The molecule has 0 spiro atoms. The monoisotopic (exact) mass is 372 g/mol. The van der Waals surface area contributed by atoms with Crippen LogP contribution in [0.1, 0.15) is 11.1 Å². The van der Waals surface area contributed by atoms with Crippen LogP contribution in [0.4, 0.5) is 11.4 Å². The Morgan fingerprint density at radius 3 is 1.54 bits per heavy atom. The zero-order chi connectivity index (χ0) is 20.3. The second kappa shape index (κ2) is 7.45. The molecule has 0 heterocycles. The first-order valence-electron chi connectivity index (χ1n) is 8.05. The molecular formula is C22H16N2O4. The highest BCUT2D eigenvalue weighted by Crippen LogP contribution is 2.38. The molecular weight excluding hydrogens is 356 g/mol. The van der Waals surface area contributed by atoms with Gasteiger partial charge >= 0.3 is 0 Å². The standard InChI is InChI=1S/C22H16N2O4/c1-3-13-9-21(27-14-5-7-17(23)19(25)11-14)16(4-2)22(10-13)28-15-6-8-18(24)20(26)12-15/h1-2,5-12,25-26H,23-24H2. The number of nitrogen functional groups attached to an aromatic ring is 2. The molecule has 3 aromatic carbocycles. The lowest BCUT2D eigenvalue weighted by atomic mass is 10.1. The molecule has 28 heavy (non-hydrogen) atoms. The predicted octanol–water partition coefficient (Wildman–Crippen LogP) is 3.81. The van der Waals surface area contributed by atoms with Crippen LogP contribution in [-0.2, 0) is 0 Å². The third-order valence-corrected chi connectivity index (χ3v) is 3.84. The Morgan fingerprint density at radius 2 is 1.18 bits per heavy atom. The van der Waals surface area contributed by atoms with Gasteiger partial charge in [0, 0.05) is 17.7 Å². The second-order valence-electron chi connectivity index (χ2n) is 5.78. The van der Waals surface area contributed by atoms with Gasteiger partial charge in [0.15, 0.2) is 0 Å². The fourth-order valence-corrected chi connectivity index (χ4v) is 2.40. The molecule has 0 saturated carbocycles. The molecule has 0 atom stereocenters. The second-order valence-corrected chi connectivity index (χ2v) is 5.78. The third-order valence-electron chi connectivity index (χ3n) is 3.84. The van der Waals surface area contributed by atoms with Gasteiger partial charge in [-0.2, -0.15) is 0 Å². The first-order valence-corrected chi connectivity index (χ1v) is 8.05. The van der Waals surface area contributed by atoms with Crippen LogP contribution >= 0.6 is 0 Å². The third kappa shape index (κ3) is 3.72. The Hall–Kier alpha value is -4.42. The van der Waals surface area contributed by atoms with Crippen LogP contribution in [0.25, 0.3) is 0 Å². The molecule has 0 fully saturated rings. The first-order chi connectivity index (χ1) is 13.4. The molecule has 6 N–H and O–H groups in total. The van der Waals surface area contributed by atoms with Gasteiger partial charge in [0.25, 0.3) is 0 Å². The van der Waals surface area contributed by atoms with Crippen molar-refractivity contribution in [1.82, 2.24) is 0 Å². The Labute approximate surface area is 161 Å². The summed E-state index contributed by atoms with van der Waals surface area (Å²) in [5.41, 5.74) is 12.4. The number of benzene rings is 3. The summed E-state index contributed by atoms with van der Waals surface area (Å²) in [7, 11) is 0. The summed E-state index contributed by atoms with van der Waals surface area (Å²) in [4.78, 5) is 0. The van der Waals surface area contributed by atoms with Gasteiger partial charge < -0.3 is 31.2 Å². The highest BCUT2D eigenvalue weighted by molar-refractivity contribution is 5.62. The number of phenolic OH excluding ortho intramolecular Hbond substituents is 2. The molecule has 0 amide bonds. The van der Waals surface area contributed by atoms with E-state index in [1.165, 1.54) is 24.3 Å². The zero-order valence-electron chi connectivity index (χ0n) is 14.6. The maximum Gasteiger partial charge on any atom is 0.148 e. The van der Waals surface area contributed by atoms with Crippen molar-refractivity contribution in [2.24, 2.45) is 0 Å². The summed E-state index contributed by atoms with van der Waals surface area (Å²) in [6, 6.07) is 12.0. The fourth-order valence-electron chi connectivity index (χ4n) is 2.40. The fraction of sp³-hybridized carbons (Fsp3) is 0. The highest BCUT2D eigenvalue weighted by atomic mass is 16.5. The quantitative estimate of drug-likeness (QED) is 0.315. The number of nitrogens with two attached hydrogens (primary N) is 2. The maximum atomic E-state index is 9.77. The number of anilines is 2. The largest absolute Gasteiger partial charge is 0.506 e. The van der Waals surface area contributed by atoms with Crippen molar-refractivity contribution in [3.8, 4) is 59.2 Å². The number of phenols is 2. The van der Waals surface area contributed by atoms with E-state index in [0.29, 0.717) is 22.6 Å². The predicted molar refractivity (Wildman–Crippen MR) is 107 cm³/mol. The van der Waals surface area contributed by atoms with Crippen LogP contribution < -0.4 is 20.9 Å². The summed E-state index contributed by atoms with van der Waals surface area (Å²) in [5.74, 6) is 5.92. The summed E-state index contributed by atoms with van der Waals surface area (Å²) in [6.45, 7) is 0. The molecule has 6 heteroatoms. The molecule has 0 saturated heterocycles. The van der Waals surface area contributed by atoms with Gasteiger partial charge in [0.1, 0.15) is 40.1 Å². The van der Waals surface area contributed by atoms with Crippen molar-refractivity contribution >= 4 is 11.4 Å². The van der Waals surface area contributed by atoms with E-state index >= 15 is 0 Å². The Bertz CT molecular complexity index is 1070. The smallest absolute Gasteiger partial charge is 0.148 e. The van der Waals surface area contributed by atoms with Crippen LogP contribution in [0, 0.1) is 24.7 Å². The summed E-state index contributed by atoms with van der Waals surface area (Å²) in [6.07, 6.45) is 11.2. The molecule has 0 aliphatic heterocycles. The van der Waals surface area contributed by atoms with Crippen LogP contribution in [0.3, 0.4) is 0 Å². The Morgan fingerprint density at radius 1 is 0.714 bits per heavy atom. The summed E-state index contributed by atoms with van der Waals surface area (Å²) < 4.78 is 11.6. The molecule has 0 aliphatic rings. The number of rotatable bonds is 4. The lowest BCUT2D eigenvalue weighted by molar-refractivity contribution is 0.443. The van der Waals surface area contributed by atoms with Crippen LogP contribution in [0.5, 0.6) is 34.5 Å². The number of hydrogen-bond acceptors (Lipinski definition) is 6. The Balaban J connectivity index is 2.04. The lowest BCUT2D eigenvalue weighted by Gasteiger charge is -2.14. The number of ether oxygens (including phenoxy) is 2. The molecule has 138 valence electrons. The normalized spacial score (nSPS) is 9.93. The van der Waals surface area contributed by atoms with Crippen LogP contribution in [0.15, 0.2) is 48.5 Å². The number of aromatic hydroxyl groups is 2. The topological polar surface area (TPSA) is 111 Å². The highest BCUT2D eigenvalue weighted by Gasteiger charge is 2.14. The van der Waals surface area contributed by atoms with Crippen LogP contribution in [0.2, 0.25) is 0 Å². The van der Waals surface area contributed by atoms with E-state index < -0.39 is 0 Å². The molecule has 3 rings (SSSR count). The molecule has 0 bridgehead atoms. The number of terminal acetylenes is 2. The average Bonchev–Trinajstić information content (AvgIpc) is 2.67. The van der Waals surface area contributed by atoms with Crippen molar-refractivity contribution in [2.75, 3.05) is 11.5 Å². The number of hydrogen-bond donors (Lipinski definition) is 4. The van der Waals surface area contributed by atoms with E-state index in [1.807, 2.05) is 0 Å². The Kier molecular flexibility index (Phi) is 4.89. The summed E-state index contributed by atoms with van der Waals surface area (Å²) in [5, 5.41) is 19.5. The molecule has 0 unspecified atom stereocenters. The van der Waals surface area contributed by atoms with Gasteiger partial charge in [0.2, 0.25) is 0 Å². The van der Waals surface area contributed by atoms with E-state index in [4.69, 9.17) is 33.8 Å². The molecule has 0 aromatic heterocycles. The van der Waals surface area contributed by atoms with Gasteiger partial charge in [-0.05, 0) is 36.4 Å². The van der Waals surface area contributed by atoms with E-state index in [9.17, 15) is 10.2 Å². The minimum absolute atomic E-state index is 0.123. The summed E-state index contributed by atoms with van der Waals surface area (Å²) >= 11 is 0. The molecule has 3 aromatic rings. The van der Waals surface area contributed by atoms with E-state index in [1.54, 1.807) is 24.3 Å². The van der Waals surface area contributed by atoms with Gasteiger partial charge in [-0.15, -0.1) is 12.8 Å². The van der Waals surface area contributed by atoms with Crippen molar-refractivity contribution < 1.29 is 19.7 Å². The van der Waals surface area contributed by atoms with Crippen molar-refractivity contribution in [3.63, 3.8) is 0 Å². The van der Waals surface area contributed by atoms with Gasteiger partial charge in [-0.25, -0.2) is 0 Å². The van der Waals surface area contributed by atoms with Gasteiger partial charge in [-0.3, -0.25) is 0 Å². The van der Waals surface area contributed by atoms with Gasteiger partial charge in [-0.1, -0.05) is 11.8 Å². The molecule has 0 radical (unpaired) electrons. The average molecular weight is 372 g/mol. The molecule has 6 nitrogen and oxygen atoms in total. The van der Waals surface area contributed by atoms with Crippen molar-refractivity contribution in [3.05, 3.63) is 59.7 Å². The lowest BCUT2D eigenvalue weighted by Crippen LogP contribution is -1.96. The van der Waals surface area contributed by atoms with E-state index in [0.717, 1.165) is 0 Å². The molecule has 0 aliphatic carbocycles. The van der Waals surface area contributed by atoms with Crippen molar-refractivity contribution in [2.45, 2.75) is 0 Å². The maximum absolute atomic E-state index is 9.77. The zero-order valence-corrected chi connectivity index (χ0v) is 14.6. The minimum Gasteiger partial charge on any atom is -0.506 e. The minimum atomic E-state index is -0.123. The van der Waals surface area contributed by atoms with Gasteiger partial charge in [0.05, 0.1) is 11.4 Å². The van der Waals surface area contributed by atoms with E-state index in [2.05, 4.69) is 11.8 Å². The van der Waals surface area contributed by atoms with Crippen LogP contribution in [-0.4, -0.2) is 10.2 Å². The first kappa shape index (κ1) is 18.4.